The molecule has 10 heteroatoms. The summed E-state index contributed by atoms with van der Waals surface area (Å²) in [6.07, 6.45) is 1.25. The lowest BCUT2D eigenvalue weighted by Crippen LogP contribution is -2.54. The summed E-state index contributed by atoms with van der Waals surface area (Å²) in [5.74, 6) is -2.34. The van der Waals surface area contributed by atoms with E-state index in [-0.39, 0.29) is 12.5 Å². The average Bonchev–Trinajstić information content (AvgIpc) is 3.13. The van der Waals surface area contributed by atoms with Crippen LogP contribution < -0.4 is 15.5 Å². The molecule has 0 fully saturated rings. The number of likely N-dealkylation sites (N-methyl/N-ethyl adjacent to an activating group) is 1. The fourth-order valence-electron chi connectivity index (χ4n) is 3.90. The molecule has 0 bridgehead atoms. The van der Waals surface area contributed by atoms with Crippen LogP contribution in [0, 0.1) is 17.0 Å². The molecule has 2 heterocycles. The highest BCUT2D eigenvalue weighted by Gasteiger charge is 2.35. The van der Waals surface area contributed by atoms with Crippen molar-refractivity contribution < 1.29 is 23.5 Å². The molecule has 1 aliphatic heterocycles. The Hall–Kier alpha value is -3.01. The maximum absolute atomic E-state index is 14.0. The van der Waals surface area contributed by atoms with Crippen molar-refractivity contribution in [3.8, 4) is 11.3 Å². The Morgan fingerprint density at radius 1 is 1.25 bits per heavy atom. The number of nitrogens with one attached hydrogen (secondary N) is 2. The minimum atomic E-state index is -1.02. The van der Waals surface area contributed by atoms with Crippen LogP contribution in [0.3, 0.4) is 0 Å². The normalized spacial score (nSPS) is 14.7. The van der Waals surface area contributed by atoms with E-state index in [1.54, 1.807) is 0 Å². The van der Waals surface area contributed by atoms with Crippen LogP contribution in [-0.2, 0) is 11.2 Å². The van der Waals surface area contributed by atoms with Crippen LogP contribution in [0.15, 0.2) is 18.2 Å². The number of anilines is 1. The molecule has 8 nitrogen and oxygen atoms in total. The van der Waals surface area contributed by atoms with Gasteiger partial charge in [0.25, 0.3) is 0 Å². The third-order valence-corrected chi connectivity index (χ3v) is 5.51. The van der Waals surface area contributed by atoms with Crippen LogP contribution in [0.4, 0.5) is 19.3 Å². The summed E-state index contributed by atoms with van der Waals surface area (Å²) >= 11 is 0. The van der Waals surface area contributed by atoms with Crippen LogP contribution >= 0.6 is 0 Å². The molecule has 1 unspecified atom stereocenters. The number of carbonyl (C=O) groups is 2. The zero-order chi connectivity index (χ0) is 23.6. The molecule has 0 radical (unpaired) electrons. The van der Waals surface area contributed by atoms with E-state index in [1.807, 2.05) is 25.7 Å². The number of aromatic nitrogens is 2. The Labute approximate surface area is 185 Å². The first-order valence-corrected chi connectivity index (χ1v) is 10.5. The fraction of sp³-hybridized carbons (Fsp3) is 0.500. The number of hydrogen-bond donors (Lipinski definition) is 3. The van der Waals surface area contributed by atoms with Gasteiger partial charge in [-0.1, -0.05) is 20.8 Å². The van der Waals surface area contributed by atoms with Gasteiger partial charge in [0.1, 0.15) is 11.7 Å². The van der Waals surface area contributed by atoms with Crippen LogP contribution in [-0.4, -0.2) is 59.6 Å². The average molecular weight is 450 g/mol. The number of aliphatic hydroxyl groups is 1. The summed E-state index contributed by atoms with van der Waals surface area (Å²) in [6.45, 7) is 6.32. The van der Waals surface area contributed by atoms with Gasteiger partial charge < -0.3 is 20.6 Å². The Balaban J connectivity index is 2.09. The van der Waals surface area contributed by atoms with Gasteiger partial charge in [0, 0.05) is 25.7 Å². The van der Waals surface area contributed by atoms with Gasteiger partial charge in [-0.25, -0.2) is 13.6 Å². The van der Waals surface area contributed by atoms with Crippen molar-refractivity contribution in [2.45, 2.75) is 39.7 Å². The maximum atomic E-state index is 14.0. The first kappa shape index (κ1) is 23.6. The second-order valence-corrected chi connectivity index (χ2v) is 8.86. The molecule has 0 aliphatic carbocycles. The topological polar surface area (TPSA) is 99.5 Å². The minimum Gasteiger partial charge on any atom is -0.395 e. The van der Waals surface area contributed by atoms with Gasteiger partial charge >= 0.3 is 6.03 Å². The number of halogens is 2. The van der Waals surface area contributed by atoms with E-state index < -0.39 is 29.1 Å². The number of fused-ring (bicyclic) bond motifs is 1. The second kappa shape index (κ2) is 9.23. The van der Waals surface area contributed by atoms with E-state index in [4.69, 9.17) is 0 Å². The van der Waals surface area contributed by atoms with Crippen molar-refractivity contribution in [3.63, 3.8) is 0 Å². The number of nitrogens with zero attached hydrogens (tertiary/aromatic N) is 3. The minimum absolute atomic E-state index is 0.114. The SMILES string of the molecule is CNC(=O)C(NC(=O)n1nc(-c2ccc(F)c(F)c2)c2c1CCCN2CCO)C(C)(C)C. The summed E-state index contributed by atoms with van der Waals surface area (Å²) in [7, 11) is 1.50. The largest absolute Gasteiger partial charge is 0.395 e. The Kier molecular flexibility index (Phi) is 6.82. The lowest BCUT2D eigenvalue weighted by molar-refractivity contribution is -0.124. The third kappa shape index (κ3) is 4.59. The number of aliphatic hydroxyl groups excluding tert-OH is 1. The number of hydrogen-bond acceptors (Lipinski definition) is 5. The quantitative estimate of drug-likeness (QED) is 0.651. The molecule has 1 aliphatic rings. The van der Waals surface area contributed by atoms with E-state index in [2.05, 4.69) is 15.7 Å². The van der Waals surface area contributed by atoms with E-state index in [9.17, 15) is 23.5 Å². The van der Waals surface area contributed by atoms with Crippen molar-refractivity contribution in [2.75, 3.05) is 31.6 Å². The molecule has 1 aromatic carbocycles. The predicted molar refractivity (Wildman–Crippen MR) is 116 cm³/mol. The zero-order valence-corrected chi connectivity index (χ0v) is 18.7. The number of benzene rings is 1. The van der Waals surface area contributed by atoms with Gasteiger partial charge in [-0.3, -0.25) is 4.79 Å². The lowest BCUT2D eigenvalue weighted by Gasteiger charge is -2.31. The van der Waals surface area contributed by atoms with Crippen molar-refractivity contribution in [1.82, 2.24) is 20.4 Å². The van der Waals surface area contributed by atoms with Crippen molar-refractivity contribution >= 4 is 17.6 Å². The molecular formula is C22H29F2N5O3. The summed E-state index contributed by atoms with van der Waals surface area (Å²) < 4.78 is 28.6. The molecule has 0 saturated carbocycles. The van der Waals surface area contributed by atoms with Gasteiger partial charge in [-0.05, 0) is 36.5 Å². The Bertz CT molecular complexity index is 1020. The van der Waals surface area contributed by atoms with Gasteiger partial charge in [-0.15, -0.1) is 0 Å². The fourth-order valence-corrected chi connectivity index (χ4v) is 3.90. The van der Waals surface area contributed by atoms with Crippen molar-refractivity contribution in [2.24, 2.45) is 5.41 Å². The molecule has 1 atom stereocenters. The number of β-amino-alcohol motifs (C(OH)–C–C–N with tert-alkyl or cyclic N) is 1. The monoisotopic (exact) mass is 449 g/mol. The van der Waals surface area contributed by atoms with E-state index in [0.717, 1.165) is 18.6 Å². The highest BCUT2D eigenvalue weighted by atomic mass is 19.2. The van der Waals surface area contributed by atoms with Gasteiger partial charge in [-0.2, -0.15) is 9.78 Å². The molecule has 0 saturated heterocycles. The summed E-state index contributed by atoms with van der Waals surface area (Å²) in [5, 5.41) is 19.3. The van der Waals surface area contributed by atoms with E-state index in [1.165, 1.54) is 17.8 Å². The maximum Gasteiger partial charge on any atom is 0.343 e. The van der Waals surface area contributed by atoms with Crippen LogP contribution in [0.25, 0.3) is 11.3 Å². The molecule has 1 aromatic heterocycles. The molecule has 2 aromatic rings. The van der Waals surface area contributed by atoms with Gasteiger partial charge in [0.05, 0.1) is 18.0 Å². The highest BCUT2D eigenvalue weighted by molar-refractivity contribution is 5.90. The zero-order valence-electron chi connectivity index (χ0n) is 18.7. The van der Waals surface area contributed by atoms with Crippen molar-refractivity contribution in [1.29, 1.82) is 0 Å². The molecule has 174 valence electrons. The first-order valence-electron chi connectivity index (χ1n) is 10.5. The molecule has 3 rings (SSSR count). The van der Waals surface area contributed by atoms with Gasteiger partial charge in [0.15, 0.2) is 11.6 Å². The van der Waals surface area contributed by atoms with Gasteiger partial charge in [0.2, 0.25) is 5.91 Å². The van der Waals surface area contributed by atoms with Crippen LogP contribution in [0.5, 0.6) is 0 Å². The molecule has 0 spiro atoms. The number of amides is 2. The summed E-state index contributed by atoms with van der Waals surface area (Å²) in [6, 6.07) is 2.04. The molecule has 3 N–H and O–H groups in total. The van der Waals surface area contributed by atoms with E-state index in [0.29, 0.717) is 42.1 Å². The standard InChI is InChI=1S/C22H29F2N5O3/c1-22(2,3)19(20(31)25-4)26-21(32)29-16-6-5-9-28(10-11-30)18(16)17(27-29)13-7-8-14(23)15(24)12-13/h7-8,12,19,30H,5-6,9-11H2,1-4H3,(H,25,31)(H,26,32). The Morgan fingerprint density at radius 2 is 1.97 bits per heavy atom. The first-order chi connectivity index (χ1) is 15.1. The number of carbonyl (C=O) groups excluding carboxylic acids is 2. The summed E-state index contributed by atoms with van der Waals surface area (Å²) in [5.41, 5.74) is 1.25. The van der Waals surface area contributed by atoms with Crippen molar-refractivity contribution in [3.05, 3.63) is 35.5 Å². The Morgan fingerprint density at radius 3 is 2.56 bits per heavy atom. The highest BCUT2D eigenvalue weighted by Crippen LogP contribution is 2.37. The molecule has 32 heavy (non-hydrogen) atoms. The summed E-state index contributed by atoms with van der Waals surface area (Å²) in [4.78, 5) is 27.5. The van der Waals surface area contributed by atoms with Crippen LogP contribution in [0.1, 0.15) is 32.9 Å². The predicted octanol–water partition coefficient (Wildman–Crippen LogP) is 2.29. The molecule has 2 amide bonds. The smallest absolute Gasteiger partial charge is 0.343 e. The molecular weight excluding hydrogens is 420 g/mol. The number of rotatable bonds is 5. The lowest BCUT2D eigenvalue weighted by atomic mass is 9.86. The second-order valence-electron chi connectivity index (χ2n) is 8.86. The van der Waals surface area contributed by atoms with Crippen LogP contribution in [0.2, 0.25) is 0 Å². The van der Waals surface area contributed by atoms with E-state index >= 15 is 0 Å². The third-order valence-electron chi connectivity index (χ3n) is 5.51.